The first kappa shape index (κ1) is 20.4. The largest absolute Gasteiger partial charge is 0.332 e. The average Bonchev–Trinajstić information content (AvgIpc) is 3.52. The van der Waals surface area contributed by atoms with Crippen molar-refractivity contribution in [1.82, 2.24) is 29.2 Å². The number of carbonyl (C=O) groups is 1. The van der Waals surface area contributed by atoms with Gasteiger partial charge in [-0.3, -0.25) is 14.2 Å². The molecule has 7 nitrogen and oxygen atoms in total. The minimum atomic E-state index is -0.490. The number of fused-ring (bicyclic) bond motifs is 3. The van der Waals surface area contributed by atoms with Crippen molar-refractivity contribution in [2.45, 2.75) is 37.8 Å². The van der Waals surface area contributed by atoms with Crippen LogP contribution >= 0.6 is 15.9 Å². The second-order valence-corrected chi connectivity index (χ2v) is 9.41. The van der Waals surface area contributed by atoms with Gasteiger partial charge in [0.05, 0.1) is 23.0 Å². The smallest absolute Gasteiger partial charge is 0.255 e. The maximum atomic E-state index is 14.8. The molecule has 2 bridgehead atoms. The van der Waals surface area contributed by atoms with Gasteiger partial charge in [-0.25, -0.2) is 19.3 Å². The zero-order valence-corrected chi connectivity index (χ0v) is 19.2. The van der Waals surface area contributed by atoms with Crippen molar-refractivity contribution in [2.75, 3.05) is 0 Å². The van der Waals surface area contributed by atoms with Crippen LogP contribution in [0.5, 0.6) is 0 Å². The van der Waals surface area contributed by atoms with Crippen molar-refractivity contribution in [2.24, 2.45) is 5.92 Å². The zero-order valence-electron chi connectivity index (χ0n) is 17.6. The number of hydrogen-bond acceptors (Lipinski definition) is 5. The lowest BCUT2D eigenvalue weighted by Gasteiger charge is -2.25. The Labute approximate surface area is 197 Å². The van der Waals surface area contributed by atoms with E-state index in [0.29, 0.717) is 5.56 Å². The van der Waals surface area contributed by atoms with E-state index in [1.165, 1.54) is 6.07 Å². The Morgan fingerprint density at radius 1 is 1.09 bits per heavy atom. The van der Waals surface area contributed by atoms with Gasteiger partial charge in [0.15, 0.2) is 11.5 Å². The molecule has 1 amide bonds. The van der Waals surface area contributed by atoms with E-state index < -0.39 is 5.82 Å². The van der Waals surface area contributed by atoms with Crippen molar-refractivity contribution in [3.63, 3.8) is 0 Å². The highest BCUT2D eigenvalue weighted by Crippen LogP contribution is 2.44. The van der Waals surface area contributed by atoms with Gasteiger partial charge in [0.1, 0.15) is 10.4 Å². The third-order valence-electron chi connectivity index (χ3n) is 6.84. The van der Waals surface area contributed by atoms with Crippen LogP contribution in [0, 0.1) is 11.7 Å². The highest BCUT2D eigenvalue weighted by Gasteiger charge is 2.49. The molecular formula is C24H20BrFN6O. The van der Waals surface area contributed by atoms with Crippen LogP contribution in [0.2, 0.25) is 0 Å². The SMILES string of the molecule is O=C(c1cccc(F)c1-c1ncccn1)N1C2CCC1C(Cc1nccn3c(Br)cnc13)C2. The predicted octanol–water partition coefficient (Wildman–Crippen LogP) is 4.32. The molecule has 2 fully saturated rings. The summed E-state index contributed by atoms with van der Waals surface area (Å²) in [6, 6.07) is 6.50. The van der Waals surface area contributed by atoms with Crippen molar-refractivity contribution < 1.29 is 9.18 Å². The topological polar surface area (TPSA) is 76.3 Å². The Morgan fingerprint density at radius 3 is 2.79 bits per heavy atom. The number of carbonyl (C=O) groups excluding carboxylic acids is 1. The summed E-state index contributed by atoms with van der Waals surface area (Å²) < 4.78 is 17.7. The molecule has 6 rings (SSSR count). The van der Waals surface area contributed by atoms with Gasteiger partial charge in [0.25, 0.3) is 5.91 Å². The maximum Gasteiger partial charge on any atom is 0.255 e. The molecule has 2 aliphatic heterocycles. The van der Waals surface area contributed by atoms with E-state index in [-0.39, 0.29) is 35.3 Å². The number of amides is 1. The molecule has 0 spiro atoms. The van der Waals surface area contributed by atoms with Gasteiger partial charge in [0, 0.05) is 36.9 Å². The van der Waals surface area contributed by atoms with E-state index in [0.717, 1.165) is 41.6 Å². The van der Waals surface area contributed by atoms with E-state index in [4.69, 9.17) is 0 Å². The molecule has 5 heterocycles. The minimum absolute atomic E-state index is 0.0933. The fourth-order valence-electron chi connectivity index (χ4n) is 5.48. The summed E-state index contributed by atoms with van der Waals surface area (Å²) in [7, 11) is 0. The molecule has 166 valence electrons. The monoisotopic (exact) mass is 506 g/mol. The fourth-order valence-corrected chi connectivity index (χ4v) is 5.87. The molecule has 9 heteroatoms. The molecule has 3 atom stereocenters. The molecule has 2 saturated heterocycles. The number of aromatic nitrogens is 5. The lowest BCUT2D eigenvalue weighted by molar-refractivity contribution is 0.0719. The second kappa shape index (κ2) is 7.98. The van der Waals surface area contributed by atoms with Crippen LogP contribution in [-0.2, 0) is 6.42 Å². The normalized spacial score (nSPS) is 21.8. The number of nitrogens with zero attached hydrogens (tertiary/aromatic N) is 6. The standard InChI is InChI=1S/C24H20BrFN6O/c25-20-13-30-23-18(27-9-10-31(20)23)12-14-11-15-5-6-19(14)32(15)24(33)16-3-1-4-17(26)21(16)22-28-7-2-8-29-22/h1-4,7-10,13-15,19H,5-6,11-12H2. The molecule has 0 radical (unpaired) electrons. The predicted molar refractivity (Wildman–Crippen MR) is 123 cm³/mol. The first-order valence-corrected chi connectivity index (χ1v) is 11.8. The number of halogens is 2. The van der Waals surface area contributed by atoms with Gasteiger partial charge in [-0.05, 0) is 65.7 Å². The van der Waals surface area contributed by atoms with Gasteiger partial charge in [-0.2, -0.15) is 0 Å². The summed E-state index contributed by atoms with van der Waals surface area (Å²) in [5, 5.41) is 0. The van der Waals surface area contributed by atoms with Crippen molar-refractivity contribution in [3.05, 3.63) is 76.9 Å². The summed E-state index contributed by atoms with van der Waals surface area (Å²) in [6.07, 6.45) is 12.1. The van der Waals surface area contributed by atoms with Gasteiger partial charge < -0.3 is 4.90 Å². The van der Waals surface area contributed by atoms with E-state index in [9.17, 15) is 9.18 Å². The Morgan fingerprint density at radius 2 is 1.94 bits per heavy atom. The van der Waals surface area contributed by atoms with Gasteiger partial charge in [0.2, 0.25) is 0 Å². The molecule has 33 heavy (non-hydrogen) atoms. The van der Waals surface area contributed by atoms with E-state index in [1.807, 2.05) is 15.5 Å². The van der Waals surface area contributed by atoms with Crippen LogP contribution < -0.4 is 0 Å². The third-order valence-corrected chi connectivity index (χ3v) is 7.43. The zero-order chi connectivity index (χ0) is 22.5. The van der Waals surface area contributed by atoms with Crippen LogP contribution in [0.15, 0.2) is 59.9 Å². The molecule has 4 aromatic rings. The maximum absolute atomic E-state index is 14.8. The molecule has 0 saturated carbocycles. The van der Waals surface area contributed by atoms with Crippen LogP contribution in [0.4, 0.5) is 4.39 Å². The Kier molecular flexibility index (Phi) is 4.94. The fraction of sp³-hybridized carbons (Fsp3) is 0.292. The van der Waals surface area contributed by atoms with Crippen LogP contribution in [0.1, 0.15) is 35.3 Å². The summed E-state index contributed by atoms with van der Waals surface area (Å²) in [5.41, 5.74) is 2.24. The number of benzene rings is 1. The van der Waals surface area contributed by atoms with Crippen molar-refractivity contribution in [1.29, 1.82) is 0 Å². The lowest BCUT2D eigenvalue weighted by Crippen LogP contribution is -2.37. The summed E-state index contributed by atoms with van der Waals surface area (Å²) in [4.78, 5) is 33.2. The molecule has 2 aliphatic rings. The quantitative estimate of drug-likeness (QED) is 0.411. The molecule has 3 unspecified atom stereocenters. The molecular weight excluding hydrogens is 487 g/mol. The first-order chi connectivity index (χ1) is 16.1. The van der Waals surface area contributed by atoms with Gasteiger partial charge >= 0.3 is 0 Å². The highest BCUT2D eigenvalue weighted by atomic mass is 79.9. The van der Waals surface area contributed by atoms with Gasteiger partial charge in [-0.1, -0.05) is 6.07 Å². The molecule has 3 aromatic heterocycles. The average molecular weight is 507 g/mol. The Balaban J connectivity index is 1.32. The Hall–Kier alpha value is -3.20. The van der Waals surface area contributed by atoms with Gasteiger partial charge in [-0.15, -0.1) is 0 Å². The summed E-state index contributed by atoms with van der Waals surface area (Å²) in [6.45, 7) is 0. The second-order valence-electron chi connectivity index (χ2n) is 8.59. The van der Waals surface area contributed by atoms with E-state index >= 15 is 0 Å². The van der Waals surface area contributed by atoms with E-state index in [2.05, 4.69) is 35.9 Å². The van der Waals surface area contributed by atoms with Crippen molar-refractivity contribution >= 4 is 27.5 Å². The minimum Gasteiger partial charge on any atom is -0.332 e. The van der Waals surface area contributed by atoms with Crippen LogP contribution in [-0.4, -0.2) is 47.2 Å². The molecule has 0 aliphatic carbocycles. The van der Waals surface area contributed by atoms with Crippen molar-refractivity contribution in [3.8, 4) is 11.4 Å². The lowest BCUT2D eigenvalue weighted by atomic mass is 9.86. The number of rotatable bonds is 4. The molecule has 1 aromatic carbocycles. The van der Waals surface area contributed by atoms with Crippen LogP contribution in [0.3, 0.4) is 0 Å². The first-order valence-electron chi connectivity index (χ1n) is 11.0. The summed E-state index contributed by atoms with van der Waals surface area (Å²) in [5.74, 6) is -0.132. The van der Waals surface area contributed by atoms with E-state index in [1.54, 1.807) is 43.0 Å². The third kappa shape index (κ3) is 3.33. The highest BCUT2D eigenvalue weighted by molar-refractivity contribution is 9.10. The van der Waals surface area contributed by atoms with Crippen LogP contribution in [0.25, 0.3) is 17.0 Å². The molecule has 0 N–H and O–H groups in total. The Bertz CT molecular complexity index is 1360. The number of hydrogen-bond donors (Lipinski definition) is 0. The summed E-state index contributed by atoms with van der Waals surface area (Å²) >= 11 is 3.51. The number of imidazole rings is 1.